The number of methoxy groups -OCH3 is 1. The second kappa shape index (κ2) is 10.2. The minimum atomic E-state index is -3.70. The minimum Gasteiger partial charge on any atom is -0.497 e. The molecular weight excluding hydrogens is 482 g/mol. The molecule has 3 aromatic carbocycles. The maximum Gasteiger partial charge on any atom is 0.331 e. The Kier molecular flexibility index (Phi) is 7.07. The molecule has 4 aromatic rings. The van der Waals surface area contributed by atoms with Gasteiger partial charge in [0.1, 0.15) is 5.75 Å². The molecule has 0 spiro atoms. The third-order valence-corrected chi connectivity index (χ3v) is 7.62. The molecule has 0 fully saturated rings. The van der Waals surface area contributed by atoms with Crippen LogP contribution in [0.1, 0.15) is 15.9 Å². The molecule has 0 unspecified atom stereocenters. The van der Waals surface area contributed by atoms with Crippen molar-refractivity contribution < 1.29 is 17.9 Å². The molecule has 0 saturated heterocycles. The van der Waals surface area contributed by atoms with Gasteiger partial charge >= 0.3 is 5.69 Å². The van der Waals surface area contributed by atoms with E-state index in [0.717, 1.165) is 10.1 Å². The summed E-state index contributed by atoms with van der Waals surface area (Å²) >= 11 is 0. The fourth-order valence-electron chi connectivity index (χ4n) is 3.84. The van der Waals surface area contributed by atoms with E-state index in [-0.39, 0.29) is 34.8 Å². The van der Waals surface area contributed by atoms with Crippen LogP contribution in [0.3, 0.4) is 0 Å². The van der Waals surface area contributed by atoms with Crippen LogP contribution in [-0.4, -0.2) is 36.3 Å². The number of aromatic nitrogens is 2. The number of rotatable bonds is 8. The Labute approximate surface area is 207 Å². The molecule has 0 radical (unpaired) electrons. The van der Waals surface area contributed by atoms with Crippen LogP contribution in [0.4, 0.5) is 0 Å². The number of fused-ring (bicyclic) bond motifs is 1. The first kappa shape index (κ1) is 24.9. The fourth-order valence-corrected chi connectivity index (χ4v) is 5.07. The van der Waals surface area contributed by atoms with E-state index in [9.17, 15) is 22.8 Å². The van der Waals surface area contributed by atoms with E-state index in [1.54, 1.807) is 37.4 Å². The van der Waals surface area contributed by atoms with Gasteiger partial charge in [-0.3, -0.25) is 18.7 Å². The summed E-state index contributed by atoms with van der Waals surface area (Å²) in [5.41, 5.74) is 0.178. The summed E-state index contributed by atoms with van der Waals surface area (Å²) in [5.74, 6) is -0.100. The average molecular weight is 508 g/mol. The lowest BCUT2D eigenvalue weighted by atomic mass is 10.1. The monoisotopic (exact) mass is 507 g/mol. The number of amides is 1. The van der Waals surface area contributed by atoms with Gasteiger partial charge in [0.05, 0.1) is 28.7 Å². The van der Waals surface area contributed by atoms with Gasteiger partial charge in [0.25, 0.3) is 11.5 Å². The molecule has 36 heavy (non-hydrogen) atoms. The molecule has 1 heterocycles. The molecule has 0 bridgehead atoms. The van der Waals surface area contributed by atoms with Crippen LogP contribution in [0, 0.1) is 0 Å². The van der Waals surface area contributed by atoms with Gasteiger partial charge in [-0.15, -0.1) is 0 Å². The van der Waals surface area contributed by atoms with Gasteiger partial charge in [-0.25, -0.2) is 13.2 Å². The number of aryl methyl sites for hydroxylation is 1. The van der Waals surface area contributed by atoms with Crippen LogP contribution >= 0.6 is 0 Å². The lowest BCUT2D eigenvalue weighted by Gasteiger charge is -2.12. The van der Waals surface area contributed by atoms with E-state index in [1.807, 2.05) is 12.1 Å². The Bertz CT molecular complexity index is 1640. The summed E-state index contributed by atoms with van der Waals surface area (Å²) in [6.45, 7) is -0.0394. The number of nitrogens with one attached hydrogen (secondary N) is 1. The highest BCUT2D eigenvalue weighted by atomic mass is 32.2. The molecule has 1 aromatic heterocycles. The Balaban J connectivity index is 1.60. The number of hydrogen-bond acceptors (Lipinski definition) is 6. The summed E-state index contributed by atoms with van der Waals surface area (Å²) in [5, 5.41) is 2.95. The second-order valence-electron chi connectivity index (χ2n) is 8.19. The highest BCUT2D eigenvalue weighted by molar-refractivity contribution is 7.91. The fraction of sp³-hybridized carbons (Fsp3) is 0.192. The first-order valence-corrected chi connectivity index (χ1v) is 12.8. The second-order valence-corrected chi connectivity index (χ2v) is 10.3. The van der Waals surface area contributed by atoms with Gasteiger partial charge in [0, 0.05) is 25.7 Å². The zero-order valence-corrected chi connectivity index (χ0v) is 20.6. The van der Waals surface area contributed by atoms with Gasteiger partial charge < -0.3 is 10.1 Å². The molecule has 1 amide bonds. The van der Waals surface area contributed by atoms with Crippen LogP contribution in [0.15, 0.2) is 87.3 Å². The summed E-state index contributed by atoms with van der Waals surface area (Å²) in [4.78, 5) is 38.9. The first-order valence-electron chi connectivity index (χ1n) is 11.1. The van der Waals surface area contributed by atoms with Gasteiger partial charge in [0.15, 0.2) is 9.84 Å². The zero-order chi connectivity index (χ0) is 25.9. The maximum absolute atomic E-state index is 13.2. The van der Waals surface area contributed by atoms with E-state index in [4.69, 9.17) is 4.74 Å². The highest BCUT2D eigenvalue weighted by Gasteiger charge is 2.18. The molecule has 4 rings (SSSR count). The lowest BCUT2D eigenvalue weighted by Crippen LogP contribution is -2.40. The van der Waals surface area contributed by atoms with Crippen molar-refractivity contribution in [2.45, 2.75) is 18.0 Å². The Morgan fingerprint density at radius 2 is 1.67 bits per heavy atom. The Morgan fingerprint density at radius 1 is 0.972 bits per heavy atom. The van der Waals surface area contributed by atoms with Crippen LogP contribution in [0.2, 0.25) is 0 Å². The molecule has 9 nitrogen and oxygen atoms in total. The Morgan fingerprint density at radius 3 is 2.33 bits per heavy atom. The van der Waals surface area contributed by atoms with Crippen LogP contribution in [0.25, 0.3) is 10.9 Å². The third-order valence-electron chi connectivity index (χ3n) is 5.91. The molecule has 186 valence electrons. The first-order chi connectivity index (χ1) is 17.2. The molecule has 0 aliphatic carbocycles. The van der Waals surface area contributed by atoms with Gasteiger partial charge in [-0.05, 0) is 48.0 Å². The number of hydrogen-bond donors (Lipinski definition) is 1. The van der Waals surface area contributed by atoms with E-state index in [2.05, 4.69) is 5.32 Å². The predicted molar refractivity (Wildman–Crippen MR) is 136 cm³/mol. The van der Waals surface area contributed by atoms with Crippen molar-refractivity contribution >= 4 is 26.6 Å². The standard InChI is InChI=1S/C26H25N3O6S/c1-28-23-13-10-19(24(30)27-17-18-8-11-20(35-2)12-9-18)16-22(23)25(31)29(26(28)32)14-15-36(33,34)21-6-4-3-5-7-21/h3-13,16H,14-15,17H2,1-2H3,(H,27,30). The summed E-state index contributed by atoms with van der Waals surface area (Å²) in [7, 11) is -0.630. The number of carbonyl (C=O) groups is 1. The van der Waals surface area contributed by atoms with E-state index >= 15 is 0 Å². The molecular formula is C26H25N3O6S. The van der Waals surface area contributed by atoms with Gasteiger partial charge in [0.2, 0.25) is 0 Å². The predicted octanol–water partition coefficient (Wildman–Crippen LogP) is 2.11. The number of carbonyl (C=O) groups excluding carboxylic acids is 1. The molecule has 0 atom stereocenters. The van der Waals surface area contributed by atoms with E-state index < -0.39 is 26.8 Å². The van der Waals surface area contributed by atoms with Crippen LogP contribution in [0.5, 0.6) is 5.75 Å². The molecule has 0 saturated carbocycles. The van der Waals surface area contributed by atoms with E-state index in [0.29, 0.717) is 11.3 Å². The number of sulfone groups is 1. The lowest BCUT2D eigenvalue weighted by molar-refractivity contribution is 0.0951. The van der Waals surface area contributed by atoms with Crippen molar-refractivity contribution in [3.8, 4) is 5.75 Å². The normalized spacial score (nSPS) is 11.4. The van der Waals surface area contributed by atoms with Gasteiger partial charge in [-0.2, -0.15) is 0 Å². The number of nitrogens with zero attached hydrogens (tertiary/aromatic N) is 2. The van der Waals surface area contributed by atoms with Crippen molar-refractivity contribution in [3.63, 3.8) is 0 Å². The van der Waals surface area contributed by atoms with Crippen LogP contribution < -0.4 is 21.3 Å². The SMILES string of the molecule is COc1ccc(CNC(=O)c2ccc3c(c2)c(=O)n(CCS(=O)(=O)c2ccccc2)c(=O)n3C)cc1. The average Bonchev–Trinajstić information content (AvgIpc) is 2.90. The topological polar surface area (TPSA) is 116 Å². The summed E-state index contributed by atoms with van der Waals surface area (Å²) in [6.07, 6.45) is 0. The van der Waals surface area contributed by atoms with Crippen molar-refractivity contribution in [2.24, 2.45) is 7.05 Å². The number of ether oxygens (including phenoxy) is 1. The molecule has 0 aliphatic heterocycles. The molecule has 10 heteroatoms. The quantitative estimate of drug-likeness (QED) is 0.391. The smallest absolute Gasteiger partial charge is 0.331 e. The third kappa shape index (κ3) is 5.08. The highest BCUT2D eigenvalue weighted by Crippen LogP contribution is 2.14. The van der Waals surface area contributed by atoms with Crippen molar-refractivity contribution in [1.82, 2.24) is 14.5 Å². The number of benzene rings is 3. The van der Waals surface area contributed by atoms with E-state index in [1.165, 1.54) is 41.9 Å². The Hall–Kier alpha value is -4.18. The molecule has 0 aliphatic rings. The minimum absolute atomic E-state index is 0.117. The van der Waals surface area contributed by atoms with Crippen molar-refractivity contribution in [2.75, 3.05) is 12.9 Å². The van der Waals surface area contributed by atoms with Crippen molar-refractivity contribution in [3.05, 3.63) is 105 Å². The van der Waals surface area contributed by atoms with Crippen molar-refractivity contribution in [1.29, 1.82) is 0 Å². The zero-order valence-electron chi connectivity index (χ0n) is 19.8. The maximum atomic E-state index is 13.2. The van der Waals surface area contributed by atoms with Gasteiger partial charge in [-0.1, -0.05) is 30.3 Å². The largest absolute Gasteiger partial charge is 0.497 e. The molecule has 1 N–H and O–H groups in total. The summed E-state index contributed by atoms with van der Waals surface area (Å²) < 4.78 is 32.6. The van der Waals surface area contributed by atoms with Crippen LogP contribution in [-0.2, 0) is 30.0 Å². The summed E-state index contributed by atoms with van der Waals surface area (Å²) in [6, 6.07) is 19.6.